The Kier molecular flexibility index (Phi) is 6.12. The van der Waals surface area contributed by atoms with Gasteiger partial charge in [0.15, 0.2) is 5.11 Å². The van der Waals surface area contributed by atoms with Gasteiger partial charge in [0.05, 0.1) is 18.7 Å². The number of halogens is 1. The summed E-state index contributed by atoms with van der Waals surface area (Å²) >= 11 is 8.57. The number of rotatable bonds is 4. The number of hydrogen-bond acceptors (Lipinski definition) is 3. The fourth-order valence-electron chi connectivity index (χ4n) is 2.09. The smallest absolute Gasteiger partial charge is 0.261 e. The minimum atomic E-state index is -0.319. The summed E-state index contributed by atoms with van der Waals surface area (Å²) in [6.45, 7) is 1.98. The van der Waals surface area contributed by atoms with Gasteiger partial charge in [-0.25, -0.2) is 0 Å². The summed E-state index contributed by atoms with van der Waals surface area (Å²) in [6.07, 6.45) is 0. The van der Waals surface area contributed by atoms with Crippen LogP contribution in [0.3, 0.4) is 0 Å². The molecule has 0 radical (unpaired) electrons. The van der Waals surface area contributed by atoms with Gasteiger partial charge in [-0.2, -0.15) is 0 Å². The first-order valence-corrected chi connectivity index (χ1v) is 8.21. The van der Waals surface area contributed by atoms with E-state index in [2.05, 4.69) is 26.6 Å². The topological polar surface area (TPSA) is 50.4 Å². The fraction of sp³-hybridized carbons (Fsp3) is 0.176. The standard InChI is InChI=1S/C17H17BrN2O2S/c1-11(12-6-4-3-5-7-12)19-17(23)20-16(21)14-10-13(18)8-9-15(14)22-2/h3-11H,1-2H3,(H2,19,20,21,23). The molecule has 0 heterocycles. The van der Waals surface area contributed by atoms with Gasteiger partial charge in [-0.15, -0.1) is 0 Å². The van der Waals surface area contributed by atoms with Crippen molar-refractivity contribution in [3.63, 3.8) is 0 Å². The van der Waals surface area contributed by atoms with Crippen LogP contribution < -0.4 is 15.4 Å². The van der Waals surface area contributed by atoms with Crippen LogP contribution in [0.4, 0.5) is 0 Å². The summed E-state index contributed by atoms with van der Waals surface area (Å²) in [7, 11) is 1.52. The molecule has 1 atom stereocenters. The third kappa shape index (κ3) is 4.77. The molecule has 0 aliphatic carbocycles. The van der Waals surface area contributed by atoms with Crippen molar-refractivity contribution < 1.29 is 9.53 Å². The minimum Gasteiger partial charge on any atom is -0.496 e. The number of hydrogen-bond donors (Lipinski definition) is 2. The molecule has 4 nitrogen and oxygen atoms in total. The lowest BCUT2D eigenvalue weighted by Crippen LogP contribution is -2.40. The highest BCUT2D eigenvalue weighted by molar-refractivity contribution is 9.10. The van der Waals surface area contributed by atoms with Crippen molar-refractivity contribution in [2.75, 3.05) is 7.11 Å². The molecule has 0 aromatic heterocycles. The molecule has 0 bridgehead atoms. The molecule has 2 aromatic rings. The first-order chi connectivity index (χ1) is 11.0. The molecule has 0 aliphatic heterocycles. The highest BCUT2D eigenvalue weighted by Crippen LogP contribution is 2.22. The quantitative estimate of drug-likeness (QED) is 0.776. The van der Waals surface area contributed by atoms with Crippen LogP contribution in [0.25, 0.3) is 0 Å². The largest absolute Gasteiger partial charge is 0.496 e. The lowest BCUT2D eigenvalue weighted by Gasteiger charge is -2.17. The van der Waals surface area contributed by atoms with Gasteiger partial charge in [0.2, 0.25) is 0 Å². The molecule has 1 unspecified atom stereocenters. The number of nitrogens with one attached hydrogen (secondary N) is 2. The predicted octanol–water partition coefficient (Wildman–Crippen LogP) is 3.82. The SMILES string of the molecule is COc1ccc(Br)cc1C(=O)NC(=S)NC(C)c1ccccc1. The molecular formula is C17H17BrN2O2S. The zero-order valence-electron chi connectivity index (χ0n) is 12.8. The average molecular weight is 393 g/mol. The van der Waals surface area contributed by atoms with Crippen molar-refractivity contribution in [2.45, 2.75) is 13.0 Å². The Balaban J connectivity index is 2.03. The van der Waals surface area contributed by atoms with Crippen LogP contribution in [0, 0.1) is 0 Å². The lowest BCUT2D eigenvalue weighted by atomic mass is 10.1. The molecule has 1 amide bonds. The Morgan fingerprint density at radius 1 is 1.22 bits per heavy atom. The molecule has 0 spiro atoms. The summed E-state index contributed by atoms with van der Waals surface area (Å²) in [5, 5.41) is 6.05. The van der Waals surface area contributed by atoms with Crippen LogP contribution >= 0.6 is 28.1 Å². The first kappa shape index (κ1) is 17.4. The van der Waals surface area contributed by atoms with E-state index in [0.29, 0.717) is 11.3 Å². The van der Waals surface area contributed by atoms with E-state index in [1.54, 1.807) is 12.1 Å². The number of carbonyl (C=O) groups is 1. The monoisotopic (exact) mass is 392 g/mol. The normalized spacial score (nSPS) is 11.4. The molecule has 2 N–H and O–H groups in total. The van der Waals surface area contributed by atoms with Crippen LogP contribution in [0.5, 0.6) is 5.75 Å². The third-order valence-electron chi connectivity index (χ3n) is 3.28. The average Bonchev–Trinajstić information content (AvgIpc) is 2.55. The summed E-state index contributed by atoms with van der Waals surface area (Å²) in [6, 6.07) is 15.1. The van der Waals surface area contributed by atoms with Gasteiger partial charge in [0.25, 0.3) is 5.91 Å². The van der Waals surface area contributed by atoms with Gasteiger partial charge < -0.3 is 10.1 Å². The van der Waals surface area contributed by atoms with E-state index in [4.69, 9.17) is 17.0 Å². The Hall–Kier alpha value is -1.92. The Morgan fingerprint density at radius 3 is 2.57 bits per heavy atom. The number of carbonyl (C=O) groups excluding carboxylic acids is 1. The lowest BCUT2D eigenvalue weighted by molar-refractivity contribution is 0.0973. The fourth-order valence-corrected chi connectivity index (χ4v) is 2.72. The van der Waals surface area contributed by atoms with Crippen molar-refractivity contribution in [1.29, 1.82) is 0 Å². The van der Waals surface area contributed by atoms with Crippen LogP contribution in [0.1, 0.15) is 28.9 Å². The number of amides is 1. The predicted molar refractivity (Wildman–Crippen MR) is 98.8 cm³/mol. The maximum absolute atomic E-state index is 12.4. The van der Waals surface area contributed by atoms with Crippen molar-refractivity contribution >= 4 is 39.2 Å². The molecular weight excluding hydrogens is 376 g/mol. The maximum atomic E-state index is 12.4. The second kappa shape index (κ2) is 8.08. The molecule has 2 aromatic carbocycles. The zero-order chi connectivity index (χ0) is 16.8. The second-order valence-corrected chi connectivity index (χ2v) is 6.23. The van der Waals surface area contributed by atoms with Crippen molar-refractivity contribution in [2.24, 2.45) is 0 Å². The summed E-state index contributed by atoms with van der Waals surface area (Å²) in [5.41, 5.74) is 1.50. The number of benzene rings is 2. The molecule has 120 valence electrons. The van der Waals surface area contributed by atoms with E-state index in [1.807, 2.05) is 43.3 Å². The highest BCUT2D eigenvalue weighted by Gasteiger charge is 2.15. The van der Waals surface area contributed by atoms with E-state index in [9.17, 15) is 4.79 Å². The van der Waals surface area contributed by atoms with Gasteiger partial charge in [0, 0.05) is 4.47 Å². The van der Waals surface area contributed by atoms with Crippen molar-refractivity contribution in [1.82, 2.24) is 10.6 Å². The van der Waals surface area contributed by atoms with E-state index >= 15 is 0 Å². The molecule has 23 heavy (non-hydrogen) atoms. The molecule has 6 heteroatoms. The van der Waals surface area contributed by atoms with Gasteiger partial charge in [0.1, 0.15) is 5.75 Å². The van der Waals surface area contributed by atoms with Crippen LogP contribution in [-0.2, 0) is 0 Å². The van der Waals surface area contributed by atoms with Gasteiger partial charge in [-0.05, 0) is 42.9 Å². The maximum Gasteiger partial charge on any atom is 0.261 e. The van der Waals surface area contributed by atoms with Crippen molar-refractivity contribution in [3.8, 4) is 5.75 Å². The summed E-state index contributed by atoms with van der Waals surface area (Å²) in [4.78, 5) is 12.4. The summed E-state index contributed by atoms with van der Waals surface area (Å²) < 4.78 is 6.00. The van der Waals surface area contributed by atoms with E-state index in [1.165, 1.54) is 7.11 Å². The minimum absolute atomic E-state index is 0.00611. The number of thiocarbonyl (C=S) groups is 1. The van der Waals surface area contributed by atoms with Gasteiger partial charge in [-0.1, -0.05) is 46.3 Å². The molecule has 0 aliphatic rings. The molecule has 0 saturated heterocycles. The third-order valence-corrected chi connectivity index (χ3v) is 3.99. The Morgan fingerprint density at radius 2 is 1.91 bits per heavy atom. The number of ether oxygens (including phenoxy) is 1. The second-order valence-electron chi connectivity index (χ2n) is 4.90. The zero-order valence-corrected chi connectivity index (χ0v) is 15.2. The van der Waals surface area contributed by atoms with Crippen molar-refractivity contribution in [3.05, 3.63) is 64.1 Å². The van der Waals surface area contributed by atoms with Crippen LogP contribution in [0.2, 0.25) is 0 Å². The number of methoxy groups -OCH3 is 1. The Labute approximate surface area is 149 Å². The van der Waals surface area contributed by atoms with Gasteiger partial charge >= 0.3 is 0 Å². The summed E-state index contributed by atoms with van der Waals surface area (Å²) in [5.74, 6) is 0.172. The van der Waals surface area contributed by atoms with E-state index in [-0.39, 0.29) is 17.1 Å². The Bertz CT molecular complexity index is 707. The molecule has 2 rings (SSSR count). The van der Waals surface area contributed by atoms with E-state index in [0.717, 1.165) is 10.0 Å². The van der Waals surface area contributed by atoms with E-state index < -0.39 is 0 Å². The highest BCUT2D eigenvalue weighted by atomic mass is 79.9. The van der Waals surface area contributed by atoms with Crippen LogP contribution in [-0.4, -0.2) is 18.1 Å². The van der Waals surface area contributed by atoms with Gasteiger partial charge in [-0.3, -0.25) is 10.1 Å². The molecule has 0 fully saturated rings. The molecule has 0 saturated carbocycles. The van der Waals surface area contributed by atoms with Crippen LogP contribution in [0.15, 0.2) is 53.0 Å². The first-order valence-electron chi connectivity index (χ1n) is 7.01.